The van der Waals surface area contributed by atoms with Crippen molar-refractivity contribution in [2.24, 2.45) is 0 Å². The maximum Gasteiger partial charge on any atom is 0.339 e. The van der Waals surface area contributed by atoms with Crippen LogP contribution in [0.3, 0.4) is 0 Å². The highest BCUT2D eigenvalue weighted by Gasteiger charge is 2.40. The molecule has 0 spiro atoms. The van der Waals surface area contributed by atoms with Crippen LogP contribution in [0.2, 0.25) is 0 Å². The van der Waals surface area contributed by atoms with E-state index in [2.05, 4.69) is 9.88 Å². The van der Waals surface area contributed by atoms with Crippen molar-refractivity contribution in [3.63, 3.8) is 0 Å². The first kappa shape index (κ1) is 26.0. The minimum Gasteiger partial charge on any atom is -0.465 e. The first-order valence-corrected chi connectivity index (χ1v) is 13.4. The summed E-state index contributed by atoms with van der Waals surface area (Å²) in [6.07, 6.45) is 2.28. The van der Waals surface area contributed by atoms with Gasteiger partial charge in [-0.15, -0.1) is 0 Å². The van der Waals surface area contributed by atoms with Gasteiger partial charge in [0, 0.05) is 32.3 Å². The van der Waals surface area contributed by atoms with Gasteiger partial charge in [-0.1, -0.05) is 0 Å². The molecule has 0 N–H and O–H groups in total. The predicted molar refractivity (Wildman–Crippen MR) is 132 cm³/mol. The fraction of sp³-hybridized carbons (Fsp3) is 0.480. The summed E-state index contributed by atoms with van der Waals surface area (Å²) in [4.78, 5) is 31.5. The molecule has 1 aromatic carbocycles. The summed E-state index contributed by atoms with van der Waals surface area (Å²) >= 11 is 0. The van der Waals surface area contributed by atoms with Gasteiger partial charge in [0.05, 0.1) is 35.8 Å². The smallest absolute Gasteiger partial charge is 0.339 e. The number of amides is 1. The van der Waals surface area contributed by atoms with Gasteiger partial charge in [0.1, 0.15) is 5.82 Å². The summed E-state index contributed by atoms with van der Waals surface area (Å²) in [5, 5.41) is -0.600. The molecule has 1 aromatic heterocycles. The second-order valence-electron chi connectivity index (χ2n) is 9.33. The zero-order valence-electron chi connectivity index (χ0n) is 20.7. The molecular formula is C25H31FN4O5S. The number of pyridine rings is 1. The average molecular weight is 519 g/mol. The molecule has 11 heteroatoms. The number of likely N-dealkylation sites (tertiary alicyclic amines) is 2. The molecule has 0 aliphatic carbocycles. The molecule has 2 aliphatic heterocycles. The Bertz CT molecular complexity index is 1220. The Labute approximate surface area is 210 Å². The van der Waals surface area contributed by atoms with Crippen molar-refractivity contribution < 1.29 is 27.1 Å². The van der Waals surface area contributed by atoms with Crippen molar-refractivity contribution in [3.05, 3.63) is 59.2 Å². The third-order valence-electron chi connectivity index (χ3n) is 7.01. The minimum atomic E-state index is -3.81. The summed E-state index contributed by atoms with van der Waals surface area (Å²) in [6.45, 7) is 5.71. The molecule has 2 fully saturated rings. The maximum atomic E-state index is 14.0. The van der Waals surface area contributed by atoms with Gasteiger partial charge in [0.15, 0.2) is 0 Å². The molecule has 9 nitrogen and oxygen atoms in total. The predicted octanol–water partition coefficient (Wildman–Crippen LogP) is 2.35. The average Bonchev–Trinajstić information content (AvgIpc) is 2.83. The monoisotopic (exact) mass is 518 g/mol. The Morgan fingerprint density at radius 1 is 1.17 bits per heavy atom. The molecule has 0 unspecified atom stereocenters. The van der Waals surface area contributed by atoms with E-state index in [1.165, 1.54) is 41.9 Å². The van der Waals surface area contributed by atoms with E-state index in [9.17, 15) is 22.4 Å². The number of piperidine rings is 1. The fourth-order valence-electron chi connectivity index (χ4n) is 4.68. The third-order valence-corrected chi connectivity index (χ3v) is 9.28. The van der Waals surface area contributed by atoms with Crippen molar-refractivity contribution in [3.8, 4) is 0 Å². The zero-order chi connectivity index (χ0) is 26.0. The second-order valence-corrected chi connectivity index (χ2v) is 11.5. The van der Waals surface area contributed by atoms with Crippen LogP contribution in [0, 0.1) is 12.7 Å². The number of ether oxygens (including phenoxy) is 1. The van der Waals surface area contributed by atoms with E-state index >= 15 is 0 Å². The van der Waals surface area contributed by atoms with Gasteiger partial charge in [-0.05, 0) is 68.8 Å². The van der Waals surface area contributed by atoms with Gasteiger partial charge in [0.2, 0.25) is 15.9 Å². The van der Waals surface area contributed by atoms with E-state index in [0.29, 0.717) is 56.0 Å². The van der Waals surface area contributed by atoms with E-state index < -0.39 is 27.1 Å². The number of rotatable bonds is 7. The quantitative estimate of drug-likeness (QED) is 0.519. The van der Waals surface area contributed by atoms with Gasteiger partial charge in [-0.25, -0.2) is 17.6 Å². The summed E-state index contributed by atoms with van der Waals surface area (Å²) < 4.78 is 47.7. The number of methoxy groups -OCH3 is 1. The lowest BCUT2D eigenvalue weighted by Gasteiger charge is -2.47. The van der Waals surface area contributed by atoms with Crippen LogP contribution in [0.25, 0.3) is 0 Å². The van der Waals surface area contributed by atoms with Crippen LogP contribution in [-0.4, -0.2) is 79.7 Å². The van der Waals surface area contributed by atoms with Gasteiger partial charge in [0.25, 0.3) is 0 Å². The molecule has 0 atom stereocenters. The number of benzene rings is 1. The number of carbonyl (C=O) groups is 2. The summed E-state index contributed by atoms with van der Waals surface area (Å²) in [5.41, 5.74) is 1.42. The Hall–Kier alpha value is -3.05. The second kappa shape index (κ2) is 10.5. The van der Waals surface area contributed by atoms with Crippen molar-refractivity contribution in [2.45, 2.75) is 44.5 Å². The van der Waals surface area contributed by atoms with Crippen LogP contribution in [0.4, 0.5) is 10.1 Å². The Morgan fingerprint density at radius 3 is 2.42 bits per heavy atom. The van der Waals surface area contributed by atoms with Gasteiger partial charge in [-0.2, -0.15) is 0 Å². The number of esters is 1. The molecule has 194 valence electrons. The van der Waals surface area contributed by atoms with Crippen LogP contribution >= 0.6 is 0 Å². The highest BCUT2D eigenvalue weighted by atomic mass is 32.2. The van der Waals surface area contributed by atoms with E-state index in [-0.39, 0.29) is 24.1 Å². The van der Waals surface area contributed by atoms with Crippen molar-refractivity contribution in [1.29, 1.82) is 0 Å². The van der Waals surface area contributed by atoms with Gasteiger partial charge in [-0.3, -0.25) is 19.0 Å². The number of aryl methyl sites for hydroxylation is 1. The summed E-state index contributed by atoms with van der Waals surface area (Å²) in [6, 6.07) is 7.64. The standard InChI is InChI=1S/C25H31FN4O5S/c1-17-12-21(6-7-24(17)26)30(14-20-5-4-19(13-27-20)25(32)35-3)36(33,34)23-8-10-28(11-9-23)22-15-29(16-22)18(2)31/h4-7,12-13,22-23H,8-11,14-16H2,1-3H3. The van der Waals surface area contributed by atoms with Gasteiger partial charge < -0.3 is 9.64 Å². The molecular weight excluding hydrogens is 487 g/mol. The molecule has 2 saturated heterocycles. The Morgan fingerprint density at radius 2 is 1.86 bits per heavy atom. The number of sulfonamides is 1. The third kappa shape index (κ3) is 5.36. The number of carbonyl (C=O) groups excluding carboxylic acids is 2. The highest BCUT2D eigenvalue weighted by Crippen LogP contribution is 2.30. The van der Waals surface area contributed by atoms with Crippen LogP contribution in [0.15, 0.2) is 36.5 Å². The topological polar surface area (TPSA) is 100 Å². The van der Waals surface area contributed by atoms with Crippen LogP contribution in [0.1, 0.15) is 41.4 Å². The lowest BCUT2D eigenvalue weighted by atomic mass is 10.0. The molecule has 4 rings (SSSR count). The number of halogens is 1. The lowest BCUT2D eigenvalue weighted by Crippen LogP contribution is -2.62. The molecule has 3 heterocycles. The maximum absolute atomic E-state index is 14.0. The van der Waals surface area contributed by atoms with E-state index in [1.54, 1.807) is 24.8 Å². The van der Waals surface area contributed by atoms with Crippen molar-refractivity contribution in [1.82, 2.24) is 14.8 Å². The molecule has 1 amide bonds. The number of hydrogen-bond acceptors (Lipinski definition) is 7. The Balaban J connectivity index is 1.53. The first-order valence-electron chi connectivity index (χ1n) is 11.9. The van der Waals surface area contributed by atoms with Crippen LogP contribution < -0.4 is 4.31 Å². The van der Waals surface area contributed by atoms with E-state index in [1.807, 2.05) is 0 Å². The molecule has 0 bridgehead atoms. The number of hydrogen-bond donors (Lipinski definition) is 0. The lowest BCUT2D eigenvalue weighted by molar-refractivity contribution is -0.136. The number of nitrogens with zero attached hydrogens (tertiary/aromatic N) is 4. The van der Waals surface area contributed by atoms with Crippen LogP contribution in [-0.2, 0) is 26.1 Å². The van der Waals surface area contributed by atoms with Crippen molar-refractivity contribution in [2.75, 3.05) is 37.6 Å². The normalized spacial score (nSPS) is 17.5. The zero-order valence-corrected chi connectivity index (χ0v) is 21.5. The molecule has 0 radical (unpaired) electrons. The Kier molecular flexibility index (Phi) is 7.60. The first-order chi connectivity index (χ1) is 17.1. The van der Waals surface area contributed by atoms with Crippen molar-refractivity contribution >= 4 is 27.6 Å². The number of aromatic nitrogens is 1. The molecule has 2 aromatic rings. The number of anilines is 1. The van der Waals surface area contributed by atoms with E-state index in [0.717, 1.165) is 0 Å². The summed E-state index contributed by atoms with van der Waals surface area (Å²) in [5.74, 6) is -0.885. The van der Waals surface area contributed by atoms with Crippen LogP contribution in [0.5, 0.6) is 0 Å². The molecule has 2 aliphatic rings. The van der Waals surface area contributed by atoms with E-state index in [4.69, 9.17) is 4.74 Å². The molecule has 0 saturated carbocycles. The highest BCUT2D eigenvalue weighted by molar-refractivity contribution is 7.93. The summed E-state index contributed by atoms with van der Waals surface area (Å²) in [7, 11) is -2.54. The van der Waals surface area contributed by atoms with Gasteiger partial charge >= 0.3 is 5.97 Å². The minimum absolute atomic E-state index is 0.0503. The fourth-order valence-corrected chi connectivity index (χ4v) is 6.56. The SMILES string of the molecule is COC(=O)c1ccc(CN(c2ccc(F)c(C)c2)S(=O)(=O)C2CCN(C3CN(C(C)=O)C3)CC2)nc1. The largest absolute Gasteiger partial charge is 0.465 e. The molecule has 36 heavy (non-hydrogen) atoms.